The van der Waals surface area contributed by atoms with E-state index in [1.807, 2.05) is 12.2 Å². The Morgan fingerprint density at radius 1 is 1.12 bits per heavy atom. The normalized spacial score (nSPS) is 28.9. The molecule has 3 atom stereocenters. The Kier molecular flexibility index (Phi) is 3.88. The minimum Gasteiger partial charge on any atom is -0.406 e. The SMILES string of the molecule is ON1C=CC=CC1N1C[C@@H]2C[C@H]1CN2c1cccc(OC(F)(F)F)c1. The maximum absolute atomic E-state index is 12.4. The van der Waals surface area contributed by atoms with E-state index in [4.69, 9.17) is 0 Å². The molecule has 0 aromatic heterocycles. The second-order valence-corrected chi connectivity index (χ2v) is 6.46. The zero-order chi connectivity index (χ0) is 17.6. The number of allylic oxidation sites excluding steroid dienone is 2. The van der Waals surface area contributed by atoms with Crippen LogP contribution in [0.4, 0.5) is 18.9 Å². The van der Waals surface area contributed by atoms with Crippen LogP contribution in [0.5, 0.6) is 5.75 Å². The van der Waals surface area contributed by atoms with Crippen molar-refractivity contribution < 1.29 is 23.1 Å². The largest absolute Gasteiger partial charge is 0.573 e. The van der Waals surface area contributed by atoms with Crippen LogP contribution in [0.3, 0.4) is 0 Å². The van der Waals surface area contributed by atoms with Crippen LogP contribution in [0.15, 0.2) is 48.7 Å². The topological polar surface area (TPSA) is 39.2 Å². The number of hydrogen-bond acceptors (Lipinski definition) is 5. The number of alkyl halides is 3. The van der Waals surface area contributed by atoms with Gasteiger partial charge in [-0.1, -0.05) is 12.1 Å². The van der Waals surface area contributed by atoms with Crippen molar-refractivity contribution in [2.75, 3.05) is 18.0 Å². The summed E-state index contributed by atoms with van der Waals surface area (Å²) in [7, 11) is 0. The van der Waals surface area contributed by atoms with Crippen molar-refractivity contribution in [1.82, 2.24) is 9.96 Å². The van der Waals surface area contributed by atoms with Crippen molar-refractivity contribution in [1.29, 1.82) is 0 Å². The lowest BCUT2D eigenvalue weighted by molar-refractivity contribution is -0.274. The summed E-state index contributed by atoms with van der Waals surface area (Å²) in [6, 6.07) is 6.56. The average Bonchev–Trinajstić information content (AvgIpc) is 3.14. The maximum atomic E-state index is 12.4. The van der Waals surface area contributed by atoms with Crippen LogP contribution in [0, 0.1) is 0 Å². The number of rotatable bonds is 3. The molecular formula is C17H18F3N3O2. The lowest BCUT2D eigenvalue weighted by Crippen LogP contribution is -2.54. The van der Waals surface area contributed by atoms with Crippen LogP contribution in [0.1, 0.15) is 6.42 Å². The molecule has 1 unspecified atom stereocenters. The molecule has 0 aliphatic carbocycles. The molecule has 0 saturated carbocycles. The number of nitrogens with zero attached hydrogens (tertiary/aromatic N) is 3. The minimum absolute atomic E-state index is 0.193. The van der Waals surface area contributed by atoms with Crippen LogP contribution in [0.2, 0.25) is 0 Å². The van der Waals surface area contributed by atoms with Gasteiger partial charge in [0, 0.05) is 43.1 Å². The van der Waals surface area contributed by atoms with Crippen molar-refractivity contribution in [3.05, 3.63) is 48.7 Å². The number of likely N-dealkylation sites (tertiary alicyclic amines) is 1. The average molecular weight is 353 g/mol. The van der Waals surface area contributed by atoms with Crippen LogP contribution in [-0.4, -0.2) is 52.9 Å². The first-order chi connectivity index (χ1) is 11.9. The fourth-order valence-electron chi connectivity index (χ4n) is 3.94. The summed E-state index contributed by atoms with van der Waals surface area (Å²) < 4.78 is 41.3. The van der Waals surface area contributed by atoms with Gasteiger partial charge in [-0.2, -0.15) is 0 Å². The maximum Gasteiger partial charge on any atom is 0.573 e. The molecule has 3 heterocycles. The van der Waals surface area contributed by atoms with E-state index in [0.717, 1.165) is 18.7 Å². The van der Waals surface area contributed by atoms with E-state index in [9.17, 15) is 18.4 Å². The Balaban J connectivity index is 1.47. The van der Waals surface area contributed by atoms with E-state index in [-0.39, 0.29) is 24.0 Å². The fourth-order valence-corrected chi connectivity index (χ4v) is 3.94. The van der Waals surface area contributed by atoms with Gasteiger partial charge in [0.1, 0.15) is 11.9 Å². The van der Waals surface area contributed by atoms with E-state index in [2.05, 4.69) is 14.5 Å². The first-order valence-corrected chi connectivity index (χ1v) is 8.11. The molecule has 1 aromatic carbocycles. The molecule has 8 heteroatoms. The molecule has 4 rings (SSSR count). The minimum atomic E-state index is -4.69. The van der Waals surface area contributed by atoms with Gasteiger partial charge < -0.3 is 9.64 Å². The molecular weight excluding hydrogens is 335 g/mol. The Morgan fingerprint density at radius 3 is 2.64 bits per heavy atom. The third-order valence-corrected chi connectivity index (χ3v) is 4.91. The third-order valence-electron chi connectivity index (χ3n) is 4.91. The number of hydroxylamine groups is 2. The van der Waals surface area contributed by atoms with Gasteiger partial charge in [-0.05, 0) is 30.7 Å². The summed E-state index contributed by atoms with van der Waals surface area (Å²) in [4.78, 5) is 4.34. The first kappa shape index (κ1) is 16.3. The fraction of sp³-hybridized carbons (Fsp3) is 0.412. The predicted octanol–water partition coefficient (Wildman–Crippen LogP) is 2.95. The van der Waals surface area contributed by atoms with Gasteiger partial charge in [0.2, 0.25) is 0 Å². The summed E-state index contributed by atoms with van der Waals surface area (Å²) in [5, 5.41) is 11.2. The third kappa shape index (κ3) is 3.19. The zero-order valence-electron chi connectivity index (χ0n) is 13.3. The Morgan fingerprint density at radius 2 is 1.96 bits per heavy atom. The molecule has 1 N–H and O–H groups in total. The molecule has 134 valence electrons. The van der Waals surface area contributed by atoms with Gasteiger partial charge in [0.05, 0.1) is 0 Å². The Bertz CT molecular complexity index is 707. The van der Waals surface area contributed by atoms with Crippen molar-refractivity contribution >= 4 is 5.69 Å². The van der Waals surface area contributed by atoms with Gasteiger partial charge in [-0.3, -0.25) is 10.1 Å². The van der Waals surface area contributed by atoms with Crippen LogP contribution < -0.4 is 9.64 Å². The number of fused-ring (bicyclic) bond motifs is 2. The molecule has 2 saturated heterocycles. The Labute approximate surface area is 143 Å². The molecule has 0 radical (unpaired) electrons. The lowest BCUT2D eigenvalue weighted by Gasteiger charge is -2.41. The zero-order valence-corrected chi connectivity index (χ0v) is 13.3. The molecule has 2 bridgehead atoms. The highest BCUT2D eigenvalue weighted by Gasteiger charge is 2.46. The van der Waals surface area contributed by atoms with E-state index in [1.54, 1.807) is 24.4 Å². The number of halogens is 3. The summed E-state index contributed by atoms with van der Waals surface area (Å²) in [5.41, 5.74) is 0.730. The van der Waals surface area contributed by atoms with Gasteiger partial charge in [-0.15, -0.1) is 13.2 Å². The van der Waals surface area contributed by atoms with Gasteiger partial charge in [0.25, 0.3) is 0 Å². The van der Waals surface area contributed by atoms with Gasteiger partial charge in [0.15, 0.2) is 0 Å². The number of ether oxygens (including phenoxy) is 1. The van der Waals surface area contributed by atoms with Gasteiger partial charge in [-0.25, -0.2) is 5.06 Å². The quantitative estimate of drug-likeness (QED) is 0.905. The van der Waals surface area contributed by atoms with Crippen molar-refractivity contribution in [3.63, 3.8) is 0 Å². The van der Waals surface area contributed by atoms with E-state index >= 15 is 0 Å². The summed E-state index contributed by atoms with van der Waals surface area (Å²) in [6.07, 6.45) is 3.26. The molecule has 3 aliphatic rings. The number of anilines is 1. The standard InChI is InChI=1S/C17H18F3N3O2/c18-17(19,20)25-15-5-3-4-12(9-15)21-10-14-8-13(21)11-22(14)16-6-1-2-7-23(16)24/h1-7,9,13-14,16,24H,8,10-11H2/t13-,14-,16?/m0/s1. The van der Waals surface area contributed by atoms with Crippen molar-refractivity contribution in [2.24, 2.45) is 0 Å². The first-order valence-electron chi connectivity index (χ1n) is 8.11. The molecule has 1 aromatic rings. The van der Waals surface area contributed by atoms with E-state index in [0.29, 0.717) is 6.54 Å². The summed E-state index contributed by atoms with van der Waals surface area (Å²) in [5.74, 6) is -0.202. The Hall–Kier alpha value is -2.19. The van der Waals surface area contributed by atoms with E-state index in [1.165, 1.54) is 17.2 Å². The number of benzene rings is 1. The number of hydrogen-bond donors (Lipinski definition) is 1. The summed E-state index contributed by atoms with van der Waals surface area (Å²) in [6.45, 7) is 1.46. The molecule has 3 aliphatic heterocycles. The summed E-state index contributed by atoms with van der Waals surface area (Å²) >= 11 is 0. The smallest absolute Gasteiger partial charge is 0.406 e. The molecule has 0 amide bonds. The second kappa shape index (κ2) is 5.96. The van der Waals surface area contributed by atoms with Crippen LogP contribution in [-0.2, 0) is 0 Å². The molecule has 5 nitrogen and oxygen atoms in total. The highest BCUT2D eigenvalue weighted by atomic mass is 19.4. The molecule has 2 fully saturated rings. The molecule has 25 heavy (non-hydrogen) atoms. The van der Waals surface area contributed by atoms with Crippen LogP contribution >= 0.6 is 0 Å². The second-order valence-electron chi connectivity index (χ2n) is 6.46. The van der Waals surface area contributed by atoms with E-state index < -0.39 is 6.36 Å². The number of piperazine rings is 1. The van der Waals surface area contributed by atoms with Gasteiger partial charge >= 0.3 is 6.36 Å². The predicted molar refractivity (Wildman–Crippen MR) is 85.1 cm³/mol. The van der Waals surface area contributed by atoms with Crippen LogP contribution in [0.25, 0.3) is 0 Å². The monoisotopic (exact) mass is 353 g/mol. The van der Waals surface area contributed by atoms with Crippen molar-refractivity contribution in [2.45, 2.75) is 31.0 Å². The highest BCUT2D eigenvalue weighted by Crippen LogP contribution is 2.38. The molecule has 0 spiro atoms. The lowest BCUT2D eigenvalue weighted by atomic mass is 10.2. The van der Waals surface area contributed by atoms with Crippen molar-refractivity contribution in [3.8, 4) is 5.75 Å². The highest BCUT2D eigenvalue weighted by molar-refractivity contribution is 5.53.